The average Bonchev–Trinajstić information content (AvgIpc) is 2.91. The van der Waals surface area contributed by atoms with Crippen LogP contribution in [0.5, 0.6) is 5.75 Å². The van der Waals surface area contributed by atoms with E-state index >= 15 is 0 Å². The summed E-state index contributed by atoms with van der Waals surface area (Å²) in [5.41, 5.74) is 0.624. The number of hydrogen-bond donors (Lipinski definition) is 0. The zero-order chi connectivity index (χ0) is 12.8. The van der Waals surface area contributed by atoms with Crippen LogP contribution in [0.2, 0.25) is 0 Å². The van der Waals surface area contributed by atoms with Gasteiger partial charge in [0.25, 0.3) is 0 Å². The largest absolute Gasteiger partial charge is 0.493 e. The quantitative estimate of drug-likeness (QED) is 0.798. The van der Waals surface area contributed by atoms with Crippen molar-refractivity contribution in [3.05, 3.63) is 24.2 Å². The highest BCUT2D eigenvalue weighted by molar-refractivity contribution is 7.91. The molecule has 0 aromatic carbocycles. The van der Waals surface area contributed by atoms with E-state index in [9.17, 15) is 8.42 Å². The van der Waals surface area contributed by atoms with Crippen LogP contribution in [0, 0.1) is 0 Å². The van der Waals surface area contributed by atoms with Gasteiger partial charge in [-0.15, -0.1) is 0 Å². The molecule has 0 radical (unpaired) electrons. The molecule has 1 fully saturated rings. The Hall–Kier alpha value is -1.63. The lowest BCUT2D eigenvalue weighted by atomic mass is 10.1. The summed E-state index contributed by atoms with van der Waals surface area (Å²) >= 11 is 0. The number of nitrogens with zero attached hydrogens (tertiary/aromatic N) is 3. The van der Waals surface area contributed by atoms with Gasteiger partial charge in [-0.05, 0) is 18.6 Å². The van der Waals surface area contributed by atoms with Crippen LogP contribution in [0.3, 0.4) is 0 Å². The summed E-state index contributed by atoms with van der Waals surface area (Å²) in [4.78, 5) is 4.39. The topological polar surface area (TPSA) is 73.6 Å². The van der Waals surface area contributed by atoms with Gasteiger partial charge in [0.15, 0.2) is 27.1 Å². The molecule has 3 rings (SSSR count). The van der Waals surface area contributed by atoms with E-state index in [0.29, 0.717) is 23.6 Å². The van der Waals surface area contributed by atoms with Gasteiger partial charge in [0, 0.05) is 12.1 Å². The molecule has 2 aromatic heterocycles. The molecule has 0 spiro atoms. The molecule has 0 amide bonds. The number of aromatic nitrogens is 3. The minimum Gasteiger partial charge on any atom is -0.493 e. The Morgan fingerprint density at radius 3 is 3.00 bits per heavy atom. The molecule has 0 N–H and O–H groups in total. The van der Waals surface area contributed by atoms with Gasteiger partial charge in [0.2, 0.25) is 0 Å². The fourth-order valence-corrected chi connectivity index (χ4v) is 3.97. The van der Waals surface area contributed by atoms with Crippen LogP contribution in [0.4, 0.5) is 0 Å². The Morgan fingerprint density at radius 2 is 2.33 bits per heavy atom. The lowest BCUT2D eigenvalue weighted by Gasteiger charge is -1.99. The Balaban J connectivity index is 2.04. The smallest absolute Gasteiger partial charge is 0.198 e. The highest BCUT2D eigenvalue weighted by Gasteiger charge is 2.32. The van der Waals surface area contributed by atoms with Crippen LogP contribution < -0.4 is 4.74 Å². The molecule has 18 heavy (non-hydrogen) atoms. The van der Waals surface area contributed by atoms with Gasteiger partial charge in [-0.3, -0.25) is 0 Å². The molecule has 1 unspecified atom stereocenters. The third-order valence-electron chi connectivity index (χ3n) is 3.16. The maximum atomic E-state index is 11.5. The zero-order valence-electron chi connectivity index (χ0n) is 9.91. The molecule has 6 nitrogen and oxygen atoms in total. The zero-order valence-corrected chi connectivity index (χ0v) is 10.7. The van der Waals surface area contributed by atoms with Gasteiger partial charge >= 0.3 is 0 Å². The van der Waals surface area contributed by atoms with E-state index < -0.39 is 9.84 Å². The molecule has 1 saturated heterocycles. The molecule has 1 aliphatic rings. The number of hydrogen-bond acceptors (Lipinski definition) is 5. The molecule has 96 valence electrons. The standard InChI is InChI=1S/C11H13N3O3S/c1-17-9-3-2-5-14-11(9)12-10(13-14)8-4-6-18(15,16)7-8/h2-3,5,8H,4,6-7H2,1H3. The van der Waals surface area contributed by atoms with Crippen molar-refractivity contribution in [2.75, 3.05) is 18.6 Å². The molecule has 1 aliphatic heterocycles. The number of methoxy groups -OCH3 is 1. The average molecular weight is 267 g/mol. The maximum absolute atomic E-state index is 11.5. The normalized spacial score (nSPS) is 22.4. The lowest BCUT2D eigenvalue weighted by Crippen LogP contribution is -2.05. The SMILES string of the molecule is COc1cccn2nc(C3CCS(=O)(=O)C3)nc12. The first-order chi connectivity index (χ1) is 8.59. The molecule has 2 aromatic rings. The summed E-state index contributed by atoms with van der Waals surface area (Å²) in [5, 5.41) is 4.33. The molecular formula is C11H13N3O3S. The monoisotopic (exact) mass is 267 g/mol. The van der Waals surface area contributed by atoms with E-state index in [0.717, 1.165) is 0 Å². The highest BCUT2D eigenvalue weighted by atomic mass is 32.2. The van der Waals surface area contributed by atoms with Crippen molar-refractivity contribution in [2.24, 2.45) is 0 Å². The molecule has 7 heteroatoms. The first-order valence-corrected chi connectivity index (χ1v) is 7.51. The third-order valence-corrected chi connectivity index (χ3v) is 4.93. The van der Waals surface area contributed by atoms with Gasteiger partial charge in [0.1, 0.15) is 0 Å². The van der Waals surface area contributed by atoms with Gasteiger partial charge in [-0.1, -0.05) is 0 Å². The Kier molecular flexibility index (Phi) is 2.51. The van der Waals surface area contributed by atoms with Gasteiger partial charge in [0.05, 0.1) is 18.6 Å². The Labute approximate surface area is 105 Å². The van der Waals surface area contributed by atoms with Crippen LogP contribution in [0.1, 0.15) is 18.2 Å². The van der Waals surface area contributed by atoms with Crippen LogP contribution in [-0.4, -0.2) is 41.6 Å². The first-order valence-electron chi connectivity index (χ1n) is 5.69. The lowest BCUT2D eigenvalue weighted by molar-refractivity contribution is 0.416. The van der Waals surface area contributed by atoms with E-state index in [-0.39, 0.29) is 17.4 Å². The summed E-state index contributed by atoms with van der Waals surface area (Å²) in [6.45, 7) is 0. The van der Waals surface area contributed by atoms with Crippen molar-refractivity contribution in [3.8, 4) is 5.75 Å². The molecule has 3 heterocycles. The summed E-state index contributed by atoms with van der Waals surface area (Å²) in [6, 6.07) is 3.62. The highest BCUT2D eigenvalue weighted by Crippen LogP contribution is 2.28. The first kappa shape index (κ1) is 11.5. The van der Waals surface area contributed by atoms with Crippen molar-refractivity contribution >= 4 is 15.5 Å². The summed E-state index contributed by atoms with van der Waals surface area (Å²) in [5.74, 6) is 1.49. The predicted octanol–water partition coefficient (Wildman–Crippen LogP) is 0.640. The fourth-order valence-electron chi connectivity index (χ4n) is 2.23. The van der Waals surface area contributed by atoms with Crippen LogP contribution in [-0.2, 0) is 9.84 Å². The molecule has 0 saturated carbocycles. The third kappa shape index (κ3) is 1.84. The fraction of sp³-hybridized carbons (Fsp3) is 0.455. The second-order valence-corrected chi connectivity index (χ2v) is 6.64. The summed E-state index contributed by atoms with van der Waals surface area (Å²) in [7, 11) is -1.34. The van der Waals surface area contributed by atoms with Crippen LogP contribution in [0.15, 0.2) is 18.3 Å². The minimum atomic E-state index is -2.92. The second-order valence-electron chi connectivity index (χ2n) is 4.41. The summed E-state index contributed by atoms with van der Waals surface area (Å²) < 4.78 is 29.8. The predicted molar refractivity (Wildman–Crippen MR) is 65.6 cm³/mol. The van der Waals surface area contributed by atoms with Crippen molar-refractivity contribution < 1.29 is 13.2 Å². The second kappa shape index (κ2) is 3.94. The number of fused-ring (bicyclic) bond motifs is 1. The van der Waals surface area contributed by atoms with Crippen LogP contribution in [0.25, 0.3) is 5.65 Å². The van der Waals surface area contributed by atoms with Gasteiger partial charge < -0.3 is 4.74 Å². The van der Waals surface area contributed by atoms with E-state index in [1.165, 1.54) is 0 Å². The molecule has 1 atom stereocenters. The number of sulfone groups is 1. The van der Waals surface area contributed by atoms with Crippen molar-refractivity contribution in [1.82, 2.24) is 14.6 Å². The molecular weight excluding hydrogens is 254 g/mol. The van der Waals surface area contributed by atoms with Crippen molar-refractivity contribution in [3.63, 3.8) is 0 Å². The molecule has 0 aliphatic carbocycles. The Bertz CT molecular complexity index is 693. The number of pyridine rings is 1. The van der Waals surface area contributed by atoms with Crippen LogP contribution >= 0.6 is 0 Å². The van der Waals surface area contributed by atoms with Gasteiger partial charge in [-0.25, -0.2) is 17.9 Å². The molecule has 0 bridgehead atoms. The van der Waals surface area contributed by atoms with Crippen molar-refractivity contribution in [2.45, 2.75) is 12.3 Å². The summed E-state index contributed by atoms with van der Waals surface area (Å²) in [6.07, 6.45) is 2.37. The van der Waals surface area contributed by atoms with Gasteiger partial charge in [-0.2, -0.15) is 5.10 Å². The van der Waals surface area contributed by atoms with E-state index in [2.05, 4.69) is 10.1 Å². The number of ether oxygens (including phenoxy) is 1. The van der Waals surface area contributed by atoms with Crippen molar-refractivity contribution in [1.29, 1.82) is 0 Å². The minimum absolute atomic E-state index is 0.0976. The Morgan fingerprint density at radius 1 is 1.50 bits per heavy atom. The van der Waals surface area contributed by atoms with E-state index in [1.807, 2.05) is 6.07 Å². The number of rotatable bonds is 2. The maximum Gasteiger partial charge on any atom is 0.198 e. The van der Waals surface area contributed by atoms with E-state index in [4.69, 9.17) is 4.74 Å². The van der Waals surface area contributed by atoms with E-state index in [1.54, 1.807) is 23.9 Å².